The minimum Gasteiger partial charge on any atom is -0.383 e. The van der Waals surface area contributed by atoms with Crippen molar-refractivity contribution < 1.29 is 0 Å². The normalized spacial score (nSPS) is 12.5. The Morgan fingerprint density at radius 3 is 2.82 bits per heavy atom. The zero-order chi connectivity index (χ0) is 8.27. The van der Waals surface area contributed by atoms with Crippen molar-refractivity contribution in [2.45, 2.75) is 19.9 Å². The van der Waals surface area contributed by atoms with Crippen LogP contribution in [0.2, 0.25) is 0 Å². The molecule has 11 heavy (non-hydrogen) atoms. The molecule has 0 aromatic carbocycles. The number of nitrogens with two attached hydrogens (primary N) is 1. The zero-order valence-corrected chi connectivity index (χ0v) is 7.56. The third-order valence-electron chi connectivity index (χ3n) is 1.21. The fourth-order valence-corrected chi connectivity index (χ4v) is 1.41. The first-order valence-electron chi connectivity index (χ1n) is 3.56. The third kappa shape index (κ3) is 2.35. The van der Waals surface area contributed by atoms with Gasteiger partial charge in [0, 0.05) is 17.0 Å². The Kier molecular flexibility index (Phi) is 2.65. The second kappa shape index (κ2) is 3.53. The van der Waals surface area contributed by atoms with E-state index in [2.05, 4.69) is 4.99 Å². The molecule has 1 aromatic heterocycles. The molecule has 0 spiro atoms. The van der Waals surface area contributed by atoms with Crippen LogP contribution in [0, 0.1) is 0 Å². The van der Waals surface area contributed by atoms with Crippen LogP contribution in [-0.4, -0.2) is 11.9 Å². The molecule has 1 aromatic rings. The Bertz CT molecular complexity index is 237. The molecular weight excluding hydrogens is 156 g/mol. The number of nitrogens with zero attached hydrogens (tertiary/aromatic N) is 1. The third-order valence-corrected chi connectivity index (χ3v) is 1.90. The van der Waals surface area contributed by atoms with Crippen LogP contribution in [0.4, 0.5) is 0 Å². The molecule has 0 fully saturated rings. The van der Waals surface area contributed by atoms with Gasteiger partial charge in [-0.1, -0.05) is 0 Å². The lowest BCUT2D eigenvalue weighted by atomic mass is 10.3. The molecule has 0 amide bonds. The van der Waals surface area contributed by atoms with Crippen molar-refractivity contribution in [2.24, 2.45) is 10.7 Å². The summed E-state index contributed by atoms with van der Waals surface area (Å²) in [6.45, 7) is 4.03. The van der Waals surface area contributed by atoms with E-state index in [9.17, 15) is 0 Å². The number of aliphatic imine (C=N–C) groups is 1. The fourth-order valence-electron chi connectivity index (χ4n) is 0.763. The second-order valence-electron chi connectivity index (χ2n) is 2.62. The first-order valence-corrected chi connectivity index (χ1v) is 4.50. The number of hydrogen-bond acceptors (Lipinski definition) is 2. The molecule has 2 nitrogen and oxygen atoms in total. The zero-order valence-electron chi connectivity index (χ0n) is 6.74. The van der Waals surface area contributed by atoms with Gasteiger partial charge in [0.15, 0.2) is 0 Å². The van der Waals surface area contributed by atoms with Crippen LogP contribution < -0.4 is 5.73 Å². The largest absolute Gasteiger partial charge is 0.383 e. The summed E-state index contributed by atoms with van der Waals surface area (Å²) in [6.07, 6.45) is 0. The smallest absolute Gasteiger partial charge is 0.126 e. The van der Waals surface area contributed by atoms with Crippen LogP contribution in [0.3, 0.4) is 0 Å². The number of rotatable bonds is 2. The molecule has 0 bridgehead atoms. The molecule has 0 unspecified atom stereocenters. The van der Waals surface area contributed by atoms with Crippen LogP contribution >= 0.6 is 11.3 Å². The average Bonchev–Trinajstić information content (AvgIpc) is 2.35. The maximum absolute atomic E-state index is 5.70. The summed E-state index contributed by atoms with van der Waals surface area (Å²) in [7, 11) is 0. The van der Waals surface area contributed by atoms with Crippen molar-refractivity contribution >= 4 is 17.2 Å². The van der Waals surface area contributed by atoms with Crippen molar-refractivity contribution in [1.29, 1.82) is 0 Å². The van der Waals surface area contributed by atoms with E-state index in [1.165, 1.54) is 0 Å². The average molecular weight is 168 g/mol. The van der Waals surface area contributed by atoms with E-state index in [4.69, 9.17) is 5.73 Å². The number of amidine groups is 1. The van der Waals surface area contributed by atoms with Crippen LogP contribution in [-0.2, 0) is 0 Å². The van der Waals surface area contributed by atoms with Crippen molar-refractivity contribution in [1.82, 2.24) is 0 Å². The van der Waals surface area contributed by atoms with Crippen LogP contribution in [0.15, 0.2) is 21.8 Å². The van der Waals surface area contributed by atoms with Crippen LogP contribution in [0.25, 0.3) is 0 Å². The molecular formula is C8H12N2S. The first-order chi connectivity index (χ1) is 5.20. The topological polar surface area (TPSA) is 38.4 Å². The Morgan fingerprint density at radius 1 is 1.64 bits per heavy atom. The van der Waals surface area contributed by atoms with E-state index in [0.29, 0.717) is 5.84 Å². The van der Waals surface area contributed by atoms with Gasteiger partial charge >= 0.3 is 0 Å². The van der Waals surface area contributed by atoms with Crippen molar-refractivity contribution in [2.75, 3.05) is 0 Å². The van der Waals surface area contributed by atoms with Gasteiger partial charge in [0.1, 0.15) is 5.84 Å². The molecule has 0 saturated carbocycles. The number of thiophene rings is 1. The predicted molar refractivity (Wildman–Crippen MR) is 50.2 cm³/mol. The summed E-state index contributed by atoms with van der Waals surface area (Å²) >= 11 is 1.63. The van der Waals surface area contributed by atoms with Crippen LogP contribution in [0.1, 0.15) is 19.4 Å². The molecule has 0 aliphatic rings. The van der Waals surface area contributed by atoms with Crippen molar-refractivity contribution in [3.05, 3.63) is 22.4 Å². The molecule has 0 radical (unpaired) electrons. The Labute approximate surface area is 70.8 Å². The summed E-state index contributed by atoms with van der Waals surface area (Å²) < 4.78 is 0. The molecule has 0 aliphatic carbocycles. The van der Waals surface area contributed by atoms with Gasteiger partial charge in [-0.2, -0.15) is 11.3 Å². The summed E-state index contributed by atoms with van der Waals surface area (Å²) in [5, 5.41) is 4.00. The molecule has 1 rings (SSSR count). The first kappa shape index (κ1) is 8.27. The van der Waals surface area contributed by atoms with Gasteiger partial charge in [0.05, 0.1) is 0 Å². The highest BCUT2D eigenvalue weighted by atomic mass is 32.1. The number of hydrogen-bond donors (Lipinski definition) is 1. The van der Waals surface area contributed by atoms with Gasteiger partial charge in [-0.15, -0.1) is 0 Å². The van der Waals surface area contributed by atoms with Gasteiger partial charge in [-0.3, -0.25) is 4.99 Å². The summed E-state index contributed by atoms with van der Waals surface area (Å²) in [5.41, 5.74) is 6.73. The quantitative estimate of drug-likeness (QED) is 0.531. The standard InChI is InChI=1S/C8H12N2S/c1-6(2)10-8(9)7-3-4-11-5-7/h3-6H,1-2H3,(H2,9,10). The Morgan fingerprint density at radius 2 is 2.36 bits per heavy atom. The highest BCUT2D eigenvalue weighted by Gasteiger charge is 1.97. The minimum atomic E-state index is 0.273. The lowest BCUT2D eigenvalue weighted by molar-refractivity contribution is 0.834. The van der Waals surface area contributed by atoms with Crippen LogP contribution in [0.5, 0.6) is 0 Å². The van der Waals surface area contributed by atoms with E-state index in [-0.39, 0.29) is 6.04 Å². The molecule has 0 aliphatic heterocycles. The molecule has 0 saturated heterocycles. The van der Waals surface area contributed by atoms with Gasteiger partial charge in [-0.25, -0.2) is 0 Å². The molecule has 1 heterocycles. The Hall–Kier alpha value is -0.830. The molecule has 3 heteroatoms. The highest BCUT2D eigenvalue weighted by molar-refractivity contribution is 7.08. The summed E-state index contributed by atoms with van der Waals surface area (Å²) in [6, 6.07) is 2.25. The highest BCUT2D eigenvalue weighted by Crippen LogP contribution is 2.05. The van der Waals surface area contributed by atoms with Crippen molar-refractivity contribution in [3.63, 3.8) is 0 Å². The van der Waals surface area contributed by atoms with Gasteiger partial charge in [0.25, 0.3) is 0 Å². The second-order valence-corrected chi connectivity index (χ2v) is 3.40. The summed E-state index contributed by atoms with van der Waals surface area (Å²) in [4.78, 5) is 4.22. The van der Waals surface area contributed by atoms with E-state index in [1.807, 2.05) is 30.7 Å². The summed E-state index contributed by atoms with van der Waals surface area (Å²) in [5.74, 6) is 0.640. The van der Waals surface area contributed by atoms with E-state index in [0.717, 1.165) is 5.56 Å². The molecule has 0 atom stereocenters. The van der Waals surface area contributed by atoms with Gasteiger partial charge < -0.3 is 5.73 Å². The minimum absolute atomic E-state index is 0.273. The Balaban J connectivity index is 2.77. The SMILES string of the molecule is CC(C)N=C(N)c1ccsc1. The molecule has 60 valence electrons. The lowest BCUT2D eigenvalue weighted by Gasteiger charge is -1.99. The lowest BCUT2D eigenvalue weighted by Crippen LogP contribution is -2.14. The van der Waals surface area contributed by atoms with Gasteiger partial charge in [0.2, 0.25) is 0 Å². The molecule has 2 N–H and O–H groups in total. The monoisotopic (exact) mass is 168 g/mol. The maximum atomic E-state index is 5.70. The maximum Gasteiger partial charge on any atom is 0.126 e. The van der Waals surface area contributed by atoms with Crippen molar-refractivity contribution in [3.8, 4) is 0 Å². The predicted octanol–water partition coefficient (Wildman–Crippen LogP) is 1.86. The van der Waals surface area contributed by atoms with E-state index < -0.39 is 0 Å². The fraction of sp³-hybridized carbons (Fsp3) is 0.375. The van der Waals surface area contributed by atoms with E-state index in [1.54, 1.807) is 11.3 Å². The van der Waals surface area contributed by atoms with Gasteiger partial charge in [-0.05, 0) is 25.3 Å². The van der Waals surface area contributed by atoms with E-state index >= 15 is 0 Å².